The Labute approximate surface area is 195 Å². The molecule has 4 heterocycles. The number of rotatable bonds is 5. The number of aryl methyl sites for hydroxylation is 1. The minimum atomic E-state index is -1.13. The summed E-state index contributed by atoms with van der Waals surface area (Å²) in [4.78, 5) is 21.2. The Balaban J connectivity index is 1.45. The van der Waals surface area contributed by atoms with Gasteiger partial charge in [-0.25, -0.2) is 15.0 Å². The molecule has 5 rings (SSSR count). The maximum atomic E-state index is 13.0. The highest BCUT2D eigenvalue weighted by atomic mass is 35.5. The van der Waals surface area contributed by atoms with Crippen molar-refractivity contribution in [3.63, 3.8) is 0 Å². The summed E-state index contributed by atoms with van der Waals surface area (Å²) in [6.45, 7) is 1.43. The molecule has 1 fully saturated rings. The molecule has 0 bridgehead atoms. The molecule has 2 N–H and O–H groups in total. The zero-order chi connectivity index (χ0) is 22.1. The van der Waals surface area contributed by atoms with E-state index in [1.54, 1.807) is 12.4 Å². The van der Waals surface area contributed by atoms with Crippen LogP contribution in [0.4, 0.5) is 11.8 Å². The fraction of sp³-hybridized carbons (Fsp3) is 0.545. The lowest BCUT2D eigenvalue weighted by molar-refractivity contribution is 0.143. The highest BCUT2D eigenvalue weighted by molar-refractivity contribution is 7.85. The Bertz CT molecular complexity index is 1050. The molecule has 3 aliphatic rings. The average Bonchev–Trinajstić information content (AvgIpc) is 2.98. The third-order valence-corrected chi connectivity index (χ3v) is 8.28. The highest BCUT2D eigenvalue weighted by Gasteiger charge is 2.38. The summed E-state index contributed by atoms with van der Waals surface area (Å²) in [7, 11) is -1.13. The molecule has 0 unspecified atom stereocenters. The molecule has 1 saturated carbocycles. The number of halogens is 1. The number of aliphatic hydroxyl groups is 1. The van der Waals surface area contributed by atoms with Crippen LogP contribution < -0.4 is 10.2 Å². The average molecular weight is 475 g/mol. The van der Waals surface area contributed by atoms with Crippen molar-refractivity contribution >= 4 is 39.7 Å². The van der Waals surface area contributed by atoms with Crippen LogP contribution in [0.2, 0.25) is 5.02 Å². The minimum absolute atomic E-state index is 0.0463. The Morgan fingerprint density at radius 1 is 1.16 bits per heavy atom. The molecular weight excluding hydrogens is 448 g/mol. The number of anilines is 2. The Hall–Kier alpha value is -2.10. The number of fused-ring (bicyclic) bond motifs is 1. The zero-order valence-corrected chi connectivity index (χ0v) is 19.5. The minimum Gasteiger partial charge on any atom is -0.394 e. The number of hydrogen-bond acceptors (Lipinski definition) is 8. The predicted molar refractivity (Wildman–Crippen MR) is 125 cm³/mol. The van der Waals surface area contributed by atoms with E-state index in [9.17, 15) is 9.32 Å². The topological polar surface area (TPSA) is 104 Å². The van der Waals surface area contributed by atoms with Crippen LogP contribution in [0.25, 0.3) is 5.57 Å². The Kier molecular flexibility index (Phi) is 6.14. The van der Waals surface area contributed by atoms with E-state index < -0.39 is 10.8 Å². The molecule has 8 nitrogen and oxygen atoms in total. The van der Waals surface area contributed by atoms with Crippen LogP contribution in [0.5, 0.6) is 0 Å². The Morgan fingerprint density at radius 3 is 2.62 bits per heavy atom. The van der Waals surface area contributed by atoms with E-state index in [0.717, 1.165) is 67.7 Å². The lowest BCUT2D eigenvalue weighted by atomic mass is 9.77. The second-order valence-corrected chi connectivity index (χ2v) is 10.7. The Morgan fingerprint density at radius 2 is 1.97 bits per heavy atom. The van der Waals surface area contributed by atoms with Gasteiger partial charge < -0.3 is 15.3 Å². The molecule has 0 radical (unpaired) electrons. The van der Waals surface area contributed by atoms with Crippen LogP contribution in [-0.2, 0) is 17.2 Å². The molecule has 0 spiro atoms. The highest BCUT2D eigenvalue weighted by Crippen LogP contribution is 2.38. The maximum absolute atomic E-state index is 13.0. The van der Waals surface area contributed by atoms with Gasteiger partial charge in [-0.05, 0) is 50.5 Å². The van der Waals surface area contributed by atoms with E-state index in [1.165, 1.54) is 0 Å². The number of nitrogens with one attached hydrogen (secondary N) is 1. The fourth-order valence-electron chi connectivity index (χ4n) is 4.46. The van der Waals surface area contributed by atoms with Crippen LogP contribution in [-0.4, -0.2) is 60.2 Å². The standard InChI is InChI=1S/C22H27ClN6O2S/c23-16-12-24-19(25-13-16)15-5-9-29(10-6-15)21-26-17-4-1-2-11-32(31)18(17)20(27-21)28-22(14-30)7-3-8-22/h5,12-13,30H,1-4,6-11,14H2,(H,26,27,28)/t32-/m1/s1. The van der Waals surface area contributed by atoms with E-state index in [-0.39, 0.29) is 12.1 Å². The number of hydrogen-bond donors (Lipinski definition) is 2. The van der Waals surface area contributed by atoms with Crippen molar-refractivity contribution in [1.82, 2.24) is 19.9 Å². The van der Waals surface area contributed by atoms with E-state index in [4.69, 9.17) is 21.6 Å². The SMILES string of the molecule is O=[S@@]1CCCCc2nc(N3CC=C(c4ncc(Cl)cn4)CC3)nc(NC3(CO)CCC3)c21. The smallest absolute Gasteiger partial charge is 0.227 e. The summed E-state index contributed by atoms with van der Waals surface area (Å²) in [6, 6.07) is 0. The largest absolute Gasteiger partial charge is 0.394 e. The van der Waals surface area contributed by atoms with Crippen molar-refractivity contribution in [1.29, 1.82) is 0 Å². The van der Waals surface area contributed by atoms with E-state index in [0.29, 0.717) is 34.9 Å². The van der Waals surface area contributed by atoms with Crippen molar-refractivity contribution < 1.29 is 9.32 Å². The van der Waals surface area contributed by atoms with Crippen molar-refractivity contribution in [3.8, 4) is 0 Å². The van der Waals surface area contributed by atoms with Gasteiger partial charge in [-0.15, -0.1) is 0 Å². The van der Waals surface area contributed by atoms with Gasteiger partial charge in [0, 0.05) is 31.2 Å². The molecule has 2 aromatic heterocycles. The quantitative estimate of drug-likeness (QED) is 0.681. The van der Waals surface area contributed by atoms with E-state index in [2.05, 4.69) is 26.3 Å². The first-order valence-electron chi connectivity index (χ1n) is 11.2. The van der Waals surface area contributed by atoms with Crippen LogP contribution in [0, 0.1) is 0 Å². The van der Waals surface area contributed by atoms with Gasteiger partial charge in [-0.2, -0.15) is 4.98 Å². The normalized spacial score (nSPS) is 22.4. The summed E-state index contributed by atoms with van der Waals surface area (Å²) >= 11 is 5.91. The van der Waals surface area contributed by atoms with Crippen molar-refractivity contribution in [2.24, 2.45) is 0 Å². The van der Waals surface area contributed by atoms with Gasteiger partial charge in [0.1, 0.15) is 10.7 Å². The van der Waals surface area contributed by atoms with Gasteiger partial charge in [-0.3, -0.25) is 4.21 Å². The van der Waals surface area contributed by atoms with Crippen LogP contribution in [0.1, 0.15) is 50.0 Å². The van der Waals surface area contributed by atoms with Gasteiger partial charge in [0.05, 0.1) is 33.7 Å². The molecule has 0 amide bonds. The summed E-state index contributed by atoms with van der Waals surface area (Å²) in [5.74, 6) is 2.61. The summed E-state index contributed by atoms with van der Waals surface area (Å²) in [5.41, 5.74) is 1.59. The van der Waals surface area contributed by atoms with Crippen molar-refractivity contribution in [2.45, 2.75) is 55.4 Å². The van der Waals surface area contributed by atoms with E-state index >= 15 is 0 Å². The van der Waals surface area contributed by atoms with Crippen LogP contribution in [0.3, 0.4) is 0 Å². The second-order valence-electron chi connectivity index (χ2n) is 8.72. The summed E-state index contributed by atoms with van der Waals surface area (Å²) in [5, 5.41) is 14.0. The lowest BCUT2D eigenvalue weighted by Gasteiger charge is -2.42. The first-order valence-corrected chi connectivity index (χ1v) is 12.9. The molecule has 0 aromatic carbocycles. The summed E-state index contributed by atoms with van der Waals surface area (Å²) < 4.78 is 13.0. The van der Waals surface area contributed by atoms with Gasteiger partial charge in [0.2, 0.25) is 5.95 Å². The molecular formula is C22H27ClN6O2S. The van der Waals surface area contributed by atoms with Crippen LogP contribution >= 0.6 is 11.6 Å². The molecule has 1 atom stereocenters. The zero-order valence-electron chi connectivity index (χ0n) is 17.9. The molecule has 0 saturated heterocycles. The first kappa shape index (κ1) is 21.7. The molecule has 2 aromatic rings. The van der Waals surface area contributed by atoms with Gasteiger partial charge >= 0.3 is 0 Å². The van der Waals surface area contributed by atoms with Gasteiger partial charge in [0.25, 0.3) is 0 Å². The number of aliphatic hydroxyl groups excluding tert-OH is 1. The van der Waals surface area contributed by atoms with Crippen LogP contribution in [0.15, 0.2) is 23.4 Å². The maximum Gasteiger partial charge on any atom is 0.227 e. The number of nitrogens with zero attached hydrogens (tertiary/aromatic N) is 5. The monoisotopic (exact) mass is 474 g/mol. The van der Waals surface area contributed by atoms with Crippen molar-refractivity contribution in [2.75, 3.05) is 35.7 Å². The molecule has 1 aliphatic carbocycles. The molecule has 2 aliphatic heterocycles. The molecule has 32 heavy (non-hydrogen) atoms. The van der Waals surface area contributed by atoms with Gasteiger partial charge in [0.15, 0.2) is 5.82 Å². The summed E-state index contributed by atoms with van der Waals surface area (Å²) in [6.07, 6.45) is 11.6. The molecule has 10 heteroatoms. The third kappa shape index (κ3) is 4.25. The lowest BCUT2D eigenvalue weighted by Crippen LogP contribution is -2.49. The van der Waals surface area contributed by atoms with Crippen molar-refractivity contribution in [3.05, 3.63) is 35.0 Å². The third-order valence-electron chi connectivity index (χ3n) is 6.54. The molecule has 170 valence electrons. The predicted octanol–water partition coefficient (Wildman–Crippen LogP) is 2.98. The van der Waals surface area contributed by atoms with Gasteiger partial charge in [-0.1, -0.05) is 17.7 Å². The fourth-order valence-corrected chi connectivity index (χ4v) is 5.95. The number of aromatic nitrogens is 4. The second kappa shape index (κ2) is 9.03. The van der Waals surface area contributed by atoms with E-state index in [1.807, 2.05) is 0 Å². The first-order chi connectivity index (χ1) is 15.6.